The van der Waals surface area contributed by atoms with E-state index in [4.69, 9.17) is 18.9 Å². The Balaban J connectivity index is 1.21. The van der Waals surface area contributed by atoms with E-state index in [1.54, 1.807) is 11.0 Å². The highest BCUT2D eigenvalue weighted by atomic mass is 19.1. The first kappa shape index (κ1) is 32.2. The number of amides is 2. The Hall–Kier alpha value is -4.15. The first-order chi connectivity index (χ1) is 21.9. The molecule has 0 aliphatic carbocycles. The molecule has 3 aromatic carbocycles. The zero-order valence-electron chi connectivity index (χ0n) is 25.7. The molecule has 0 bridgehead atoms. The van der Waals surface area contributed by atoms with Crippen LogP contribution in [0.25, 0.3) is 0 Å². The minimum Gasteiger partial charge on any atom is -0.491 e. The van der Waals surface area contributed by atoms with E-state index in [2.05, 4.69) is 22.8 Å². The van der Waals surface area contributed by atoms with E-state index >= 15 is 0 Å². The number of nitrogens with zero attached hydrogens (tertiary/aromatic N) is 1. The molecule has 5 rings (SSSR count). The second-order valence-corrected chi connectivity index (χ2v) is 11.4. The normalized spacial score (nSPS) is 19.6. The number of carbonyl (C=O) groups excluding carboxylic acids is 2. The Bertz CT molecular complexity index is 1380. The van der Waals surface area contributed by atoms with E-state index in [9.17, 15) is 14.0 Å². The van der Waals surface area contributed by atoms with Crippen LogP contribution in [0.2, 0.25) is 0 Å². The van der Waals surface area contributed by atoms with E-state index in [0.29, 0.717) is 38.2 Å². The molecule has 2 amide bonds. The van der Waals surface area contributed by atoms with Gasteiger partial charge in [-0.2, -0.15) is 0 Å². The Morgan fingerprint density at radius 3 is 2.60 bits per heavy atom. The quantitative estimate of drug-likeness (QED) is 0.265. The summed E-state index contributed by atoms with van der Waals surface area (Å²) >= 11 is 0. The number of carbonyl (C=O) groups is 2. The predicted molar refractivity (Wildman–Crippen MR) is 168 cm³/mol. The lowest BCUT2D eigenvalue weighted by Gasteiger charge is -2.38. The average Bonchev–Trinajstić information content (AvgIpc) is 3.57. The molecular formula is C35H42FN3O6. The summed E-state index contributed by atoms with van der Waals surface area (Å²) in [6, 6.07) is 22.1. The van der Waals surface area contributed by atoms with Gasteiger partial charge >= 0.3 is 6.09 Å². The highest BCUT2D eigenvalue weighted by Crippen LogP contribution is 2.32. The number of hydrogen-bond donors (Lipinski definition) is 2. The topological polar surface area (TPSA) is 98.4 Å². The molecule has 2 aliphatic rings. The number of benzene rings is 3. The van der Waals surface area contributed by atoms with Crippen molar-refractivity contribution >= 4 is 12.0 Å². The maximum atomic E-state index is 14.0. The third kappa shape index (κ3) is 9.67. The first-order valence-corrected chi connectivity index (χ1v) is 15.6. The van der Waals surface area contributed by atoms with E-state index in [1.165, 1.54) is 19.1 Å². The maximum Gasteiger partial charge on any atom is 0.410 e. The summed E-state index contributed by atoms with van der Waals surface area (Å²) in [5.41, 5.74) is 2.83. The number of likely N-dealkylation sites (tertiary alicyclic amines) is 1. The summed E-state index contributed by atoms with van der Waals surface area (Å²) in [6.45, 7) is 5.25. The van der Waals surface area contributed by atoms with E-state index < -0.39 is 5.82 Å². The molecule has 0 radical (unpaired) electrons. The molecule has 2 fully saturated rings. The fourth-order valence-corrected chi connectivity index (χ4v) is 5.75. The molecule has 45 heavy (non-hydrogen) atoms. The van der Waals surface area contributed by atoms with Gasteiger partial charge in [0.15, 0.2) is 0 Å². The van der Waals surface area contributed by atoms with Crippen molar-refractivity contribution in [3.8, 4) is 11.5 Å². The van der Waals surface area contributed by atoms with Gasteiger partial charge in [0.05, 0.1) is 19.3 Å². The standard InChI is InChI=1S/C35H42FN3O6/c1-25(40)38-17-13-28-7-10-29(36)21-33(28)42-19-20-43-34-23-39(35(41)44-24-26-5-3-2-4-6-26)18-15-32(34)27-8-11-30(12-9-27)45-31-14-16-37-22-31/h2-12,21,31-32,34,37H,13-20,22-24H2,1H3,(H,38,40)/t31-,32?,34?/m0/s1. The number of halogens is 1. The van der Waals surface area contributed by atoms with Gasteiger partial charge in [-0.3, -0.25) is 4.79 Å². The molecule has 2 N–H and O–H groups in total. The zero-order valence-corrected chi connectivity index (χ0v) is 25.7. The van der Waals surface area contributed by atoms with Crippen LogP contribution in [-0.2, 0) is 27.3 Å². The second-order valence-electron chi connectivity index (χ2n) is 11.4. The molecule has 2 aliphatic heterocycles. The van der Waals surface area contributed by atoms with Crippen molar-refractivity contribution in [3.63, 3.8) is 0 Å². The predicted octanol–water partition coefficient (Wildman–Crippen LogP) is 4.84. The Kier molecular flexibility index (Phi) is 11.6. The smallest absolute Gasteiger partial charge is 0.410 e. The zero-order chi connectivity index (χ0) is 31.4. The number of ether oxygens (including phenoxy) is 4. The molecule has 2 heterocycles. The molecule has 2 saturated heterocycles. The average molecular weight is 620 g/mol. The highest BCUT2D eigenvalue weighted by molar-refractivity contribution is 5.72. The van der Waals surface area contributed by atoms with Crippen molar-refractivity contribution in [1.82, 2.24) is 15.5 Å². The lowest BCUT2D eigenvalue weighted by atomic mass is 9.87. The minimum atomic E-state index is -0.400. The van der Waals surface area contributed by atoms with Gasteiger partial charge in [-0.05, 0) is 60.7 Å². The second kappa shape index (κ2) is 16.2. The maximum absolute atomic E-state index is 14.0. The SMILES string of the molecule is CC(=O)NCCc1ccc(F)cc1OCCOC1CN(C(=O)OCc2ccccc2)CCC1c1ccc(O[C@H]2CCNC2)cc1. The largest absolute Gasteiger partial charge is 0.491 e. The summed E-state index contributed by atoms with van der Waals surface area (Å²) in [7, 11) is 0. The molecule has 0 saturated carbocycles. The molecule has 0 aromatic heterocycles. The molecular weight excluding hydrogens is 577 g/mol. The minimum absolute atomic E-state index is 0.0488. The number of rotatable bonds is 13. The summed E-state index contributed by atoms with van der Waals surface area (Å²) < 4.78 is 38.1. The summed E-state index contributed by atoms with van der Waals surface area (Å²) in [6.07, 6.45) is 1.71. The van der Waals surface area contributed by atoms with Crippen LogP contribution in [0, 0.1) is 5.82 Å². The van der Waals surface area contributed by atoms with Crippen LogP contribution in [-0.4, -0.2) is 75.0 Å². The van der Waals surface area contributed by atoms with Crippen LogP contribution in [0.1, 0.15) is 42.4 Å². The number of nitrogens with one attached hydrogen (secondary N) is 2. The Labute approximate surface area is 264 Å². The number of hydrogen-bond acceptors (Lipinski definition) is 7. The molecule has 3 aromatic rings. The molecule has 240 valence electrons. The molecule has 0 spiro atoms. The van der Waals surface area contributed by atoms with Gasteiger partial charge in [0.25, 0.3) is 0 Å². The van der Waals surface area contributed by atoms with Gasteiger partial charge in [-0.15, -0.1) is 0 Å². The molecule has 9 nitrogen and oxygen atoms in total. The molecule has 10 heteroatoms. The molecule has 2 unspecified atom stereocenters. The van der Waals surface area contributed by atoms with Crippen LogP contribution in [0.5, 0.6) is 11.5 Å². The lowest BCUT2D eigenvalue weighted by Crippen LogP contribution is -2.47. The van der Waals surface area contributed by atoms with Gasteiger partial charge in [-0.25, -0.2) is 9.18 Å². The van der Waals surface area contributed by atoms with Crippen molar-refractivity contribution in [3.05, 3.63) is 95.3 Å². The van der Waals surface area contributed by atoms with Crippen LogP contribution >= 0.6 is 0 Å². The van der Waals surface area contributed by atoms with E-state index in [0.717, 1.165) is 42.0 Å². The van der Waals surface area contributed by atoms with Gasteiger partial charge in [0.2, 0.25) is 5.91 Å². The lowest BCUT2D eigenvalue weighted by molar-refractivity contribution is -0.118. The van der Waals surface area contributed by atoms with Crippen LogP contribution in [0.4, 0.5) is 9.18 Å². The molecule has 3 atom stereocenters. The monoisotopic (exact) mass is 619 g/mol. The van der Waals surface area contributed by atoms with Crippen molar-refractivity contribution < 1.29 is 32.9 Å². The van der Waals surface area contributed by atoms with Gasteiger partial charge in [0, 0.05) is 38.5 Å². The van der Waals surface area contributed by atoms with E-state index in [-0.39, 0.29) is 49.9 Å². The fraction of sp³-hybridized carbons (Fsp3) is 0.429. The first-order valence-electron chi connectivity index (χ1n) is 15.6. The van der Waals surface area contributed by atoms with Crippen molar-refractivity contribution in [2.24, 2.45) is 0 Å². The van der Waals surface area contributed by atoms with E-state index in [1.807, 2.05) is 42.5 Å². The van der Waals surface area contributed by atoms with Crippen LogP contribution < -0.4 is 20.1 Å². The van der Waals surface area contributed by atoms with Crippen molar-refractivity contribution in [1.29, 1.82) is 0 Å². The Morgan fingerprint density at radius 2 is 1.84 bits per heavy atom. The third-order valence-corrected chi connectivity index (χ3v) is 8.12. The van der Waals surface area contributed by atoms with Crippen LogP contribution in [0.15, 0.2) is 72.8 Å². The van der Waals surface area contributed by atoms with Crippen molar-refractivity contribution in [2.75, 3.05) is 45.9 Å². The van der Waals surface area contributed by atoms with Gasteiger partial charge in [-0.1, -0.05) is 48.5 Å². The number of piperidine rings is 1. The summed E-state index contributed by atoms with van der Waals surface area (Å²) in [5, 5.41) is 6.07. The van der Waals surface area contributed by atoms with Crippen LogP contribution in [0.3, 0.4) is 0 Å². The summed E-state index contributed by atoms with van der Waals surface area (Å²) in [4.78, 5) is 26.0. The highest BCUT2D eigenvalue weighted by Gasteiger charge is 2.34. The van der Waals surface area contributed by atoms with Gasteiger partial charge < -0.3 is 34.5 Å². The summed E-state index contributed by atoms with van der Waals surface area (Å²) in [5.74, 6) is 0.782. The fourth-order valence-electron chi connectivity index (χ4n) is 5.75. The Morgan fingerprint density at radius 1 is 1.02 bits per heavy atom. The third-order valence-electron chi connectivity index (χ3n) is 8.12. The van der Waals surface area contributed by atoms with Gasteiger partial charge in [0.1, 0.15) is 36.6 Å². The van der Waals surface area contributed by atoms with Crippen molar-refractivity contribution in [2.45, 2.75) is 50.9 Å².